The first-order chi connectivity index (χ1) is 8.50. The van der Waals surface area contributed by atoms with Crippen LogP contribution in [0.5, 0.6) is 0 Å². The Bertz CT molecular complexity index is 308. The standard InChI is InChI=1S/C15H28N2S/c1-12(2)16-11-13(3)14(4)17(5)9-8-15-7-6-10-18-15/h6-7,10,12-14,16H,8-9,11H2,1-5H3. The Morgan fingerprint density at radius 3 is 2.56 bits per heavy atom. The lowest BCUT2D eigenvalue weighted by Gasteiger charge is -2.30. The minimum atomic E-state index is 0.580. The van der Waals surface area contributed by atoms with Crippen LogP contribution in [0.3, 0.4) is 0 Å². The van der Waals surface area contributed by atoms with Gasteiger partial charge in [0, 0.05) is 23.5 Å². The Balaban J connectivity index is 2.28. The summed E-state index contributed by atoms with van der Waals surface area (Å²) >= 11 is 1.86. The van der Waals surface area contributed by atoms with E-state index in [1.807, 2.05) is 11.3 Å². The third-order valence-electron chi connectivity index (χ3n) is 3.66. The molecule has 1 aromatic heterocycles. The molecule has 1 heterocycles. The molecule has 3 heteroatoms. The highest BCUT2D eigenvalue weighted by molar-refractivity contribution is 7.09. The highest BCUT2D eigenvalue weighted by Crippen LogP contribution is 2.13. The van der Waals surface area contributed by atoms with Crippen molar-refractivity contribution in [2.24, 2.45) is 5.92 Å². The lowest BCUT2D eigenvalue weighted by atomic mass is 10.0. The van der Waals surface area contributed by atoms with Crippen molar-refractivity contribution in [3.05, 3.63) is 22.4 Å². The van der Waals surface area contributed by atoms with Crippen LogP contribution in [0.4, 0.5) is 0 Å². The molecule has 0 radical (unpaired) electrons. The number of nitrogens with zero attached hydrogens (tertiary/aromatic N) is 1. The molecule has 0 aromatic carbocycles. The van der Waals surface area contributed by atoms with Crippen LogP contribution in [0.2, 0.25) is 0 Å². The maximum absolute atomic E-state index is 3.53. The van der Waals surface area contributed by atoms with Crippen molar-refractivity contribution in [3.63, 3.8) is 0 Å². The van der Waals surface area contributed by atoms with Crippen molar-refractivity contribution >= 4 is 11.3 Å². The fraction of sp³-hybridized carbons (Fsp3) is 0.733. The molecule has 0 aliphatic rings. The van der Waals surface area contributed by atoms with Gasteiger partial charge in [-0.3, -0.25) is 0 Å². The molecule has 2 nitrogen and oxygen atoms in total. The Morgan fingerprint density at radius 1 is 1.28 bits per heavy atom. The summed E-state index contributed by atoms with van der Waals surface area (Å²) in [6.45, 7) is 11.3. The van der Waals surface area contributed by atoms with E-state index in [9.17, 15) is 0 Å². The Kier molecular flexibility index (Phi) is 6.90. The second-order valence-electron chi connectivity index (χ2n) is 5.59. The summed E-state index contributed by atoms with van der Waals surface area (Å²) in [6.07, 6.45) is 1.17. The maximum Gasteiger partial charge on any atom is 0.0102 e. The summed E-state index contributed by atoms with van der Waals surface area (Å²) in [5.74, 6) is 0.681. The van der Waals surface area contributed by atoms with Crippen LogP contribution in [0.25, 0.3) is 0 Å². The first-order valence-electron chi connectivity index (χ1n) is 6.96. The van der Waals surface area contributed by atoms with Gasteiger partial charge >= 0.3 is 0 Å². The van der Waals surface area contributed by atoms with Crippen LogP contribution in [0.15, 0.2) is 17.5 Å². The highest BCUT2D eigenvalue weighted by Gasteiger charge is 2.16. The molecule has 18 heavy (non-hydrogen) atoms. The van der Waals surface area contributed by atoms with E-state index in [2.05, 4.69) is 62.5 Å². The average molecular weight is 268 g/mol. The summed E-state index contributed by atoms with van der Waals surface area (Å²) < 4.78 is 0. The maximum atomic E-state index is 3.53. The summed E-state index contributed by atoms with van der Waals surface area (Å²) in [6, 6.07) is 5.57. The van der Waals surface area contributed by atoms with E-state index < -0.39 is 0 Å². The average Bonchev–Trinajstić information content (AvgIpc) is 2.85. The Hall–Kier alpha value is -0.380. The third kappa shape index (κ3) is 5.51. The van der Waals surface area contributed by atoms with Crippen LogP contribution >= 0.6 is 11.3 Å². The number of thiophene rings is 1. The predicted molar refractivity (Wildman–Crippen MR) is 82.4 cm³/mol. The highest BCUT2D eigenvalue weighted by atomic mass is 32.1. The zero-order chi connectivity index (χ0) is 13.5. The van der Waals surface area contributed by atoms with Crippen molar-refractivity contribution in [2.75, 3.05) is 20.1 Å². The van der Waals surface area contributed by atoms with Crippen molar-refractivity contribution in [3.8, 4) is 0 Å². The summed E-state index contributed by atoms with van der Waals surface area (Å²) in [7, 11) is 2.24. The molecule has 1 N–H and O–H groups in total. The molecule has 0 bridgehead atoms. The topological polar surface area (TPSA) is 15.3 Å². The second kappa shape index (κ2) is 7.93. The van der Waals surface area contributed by atoms with Crippen LogP contribution in [0.1, 0.15) is 32.6 Å². The second-order valence-corrected chi connectivity index (χ2v) is 6.62. The van der Waals surface area contributed by atoms with E-state index in [1.54, 1.807) is 0 Å². The van der Waals surface area contributed by atoms with Crippen molar-refractivity contribution in [1.82, 2.24) is 10.2 Å². The van der Waals surface area contributed by atoms with Crippen molar-refractivity contribution in [1.29, 1.82) is 0 Å². The molecule has 104 valence electrons. The Labute approximate surface area is 116 Å². The largest absolute Gasteiger partial charge is 0.314 e. The fourth-order valence-electron chi connectivity index (χ4n) is 1.97. The molecule has 0 amide bonds. The molecule has 0 aliphatic carbocycles. The van der Waals surface area contributed by atoms with E-state index in [0.717, 1.165) is 13.1 Å². The molecule has 1 rings (SSSR count). The van der Waals surface area contributed by atoms with Gasteiger partial charge in [-0.15, -0.1) is 11.3 Å². The lowest BCUT2D eigenvalue weighted by molar-refractivity contribution is 0.196. The van der Waals surface area contributed by atoms with Crippen LogP contribution < -0.4 is 5.32 Å². The summed E-state index contributed by atoms with van der Waals surface area (Å²) in [5, 5.41) is 5.69. The van der Waals surface area contributed by atoms with Crippen LogP contribution in [-0.2, 0) is 6.42 Å². The smallest absolute Gasteiger partial charge is 0.0102 e. The number of likely N-dealkylation sites (N-methyl/N-ethyl adjacent to an activating group) is 1. The SMILES string of the molecule is CC(C)NCC(C)C(C)N(C)CCc1cccs1. The lowest BCUT2D eigenvalue weighted by Crippen LogP contribution is -2.41. The third-order valence-corrected chi connectivity index (χ3v) is 4.59. The van der Waals surface area contributed by atoms with Gasteiger partial charge in [-0.2, -0.15) is 0 Å². The minimum absolute atomic E-state index is 0.580. The van der Waals surface area contributed by atoms with Gasteiger partial charge in [-0.05, 0) is 44.3 Å². The van der Waals surface area contributed by atoms with E-state index >= 15 is 0 Å². The number of nitrogens with one attached hydrogen (secondary N) is 1. The fourth-order valence-corrected chi connectivity index (χ4v) is 2.67. The molecule has 2 atom stereocenters. The van der Waals surface area contributed by atoms with Crippen molar-refractivity contribution in [2.45, 2.75) is 46.2 Å². The van der Waals surface area contributed by atoms with E-state index in [4.69, 9.17) is 0 Å². The number of hydrogen-bond donors (Lipinski definition) is 1. The van der Waals surface area contributed by atoms with E-state index in [1.165, 1.54) is 11.3 Å². The molecule has 0 saturated carbocycles. The van der Waals surface area contributed by atoms with Gasteiger partial charge in [0.2, 0.25) is 0 Å². The molecule has 0 fully saturated rings. The van der Waals surface area contributed by atoms with Gasteiger partial charge in [0.05, 0.1) is 0 Å². The van der Waals surface area contributed by atoms with Crippen LogP contribution in [0, 0.1) is 5.92 Å². The zero-order valence-electron chi connectivity index (χ0n) is 12.4. The molecule has 0 saturated heterocycles. The molecule has 2 unspecified atom stereocenters. The number of rotatable bonds is 8. The molecular formula is C15H28N2S. The number of hydrogen-bond acceptors (Lipinski definition) is 3. The van der Waals surface area contributed by atoms with Gasteiger partial charge in [0.1, 0.15) is 0 Å². The molecular weight excluding hydrogens is 240 g/mol. The van der Waals surface area contributed by atoms with Crippen molar-refractivity contribution < 1.29 is 0 Å². The van der Waals surface area contributed by atoms with Crippen LogP contribution in [-0.4, -0.2) is 37.1 Å². The monoisotopic (exact) mass is 268 g/mol. The predicted octanol–water partition coefficient (Wildman–Crippen LogP) is 3.25. The van der Waals surface area contributed by atoms with Gasteiger partial charge in [0.15, 0.2) is 0 Å². The Morgan fingerprint density at radius 2 is 2.00 bits per heavy atom. The first kappa shape index (κ1) is 15.7. The van der Waals surface area contributed by atoms with E-state index in [0.29, 0.717) is 18.0 Å². The first-order valence-corrected chi connectivity index (χ1v) is 7.84. The van der Waals surface area contributed by atoms with Gasteiger partial charge in [-0.1, -0.05) is 26.8 Å². The van der Waals surface area contributed by atoms with E-state index in [-0.39, 0.29) is 0 Å². The molecule has 1 aromatic rings. The zero-order valence-corrected chi connectivity index (χ0v) is 13.3. The molecule has 0 spiro atoms. The quantitative estimate of drug-likeness (QED) is 0.778. The van der Waals surface area contributed by atoms with Gasteiger partial charge < -0.3 is 10.2 Å². The molecule has 0 aliphatic heterocycles. The van der Waals surface area contributed by atoms with Gasteiger partial charge in [-0.25, -0.2) is 0 Å². The van der Waals surface area contributed by atoms with Gasteiger partial charge in [0.25, 0.3) is 0 Å². The summed E-state index contributed by atoms with van der Waals surface area (Å²) in [5.41, 5.74) is 0. The minimum Gasteiger partial charge on any atom is -0.314 e. The summed E-state index contributed by atoms with van der Waals surface area (Å²) in [4.78, 5) is 3.97. The normalized spacial score (nSPS) is 15.3.